The zero-order valence-electron chi connectivity index (χ0n) is 9.84. The first-order valence-electron chi connectivity index (χ1n) is 5.52. The Labute approximate surface area is 119 Å². The van der Waals surface area contributed by atoms with Gasteiger partial charge in [0, 0.05) is 18.7 Å². The van der Waals surface area contributed by atoms with Crippen molar-refractivity contribution in [2.75, 3.05) is 13.2 Å². The number of aromatic nitrogens is 2. The van der Waals surface area contributed by atoms with Gasteiger partial charge in [0.15, 0.2) is 0 Å². The lowest BCUT2D eigenvalue weighted by molar-refractivity contribution is -0.0457. The molecule has 1 aromatic heterocycles. The molecule has 0 saturated carbocycles. The number of halogens is 2. The number of aliphatic hydroxyl groups is 1. The van der Waals surface area contributed by atoms with Gasteiger partial charge in [-0.2, -0.15) is 0 Å². The summed E-state index contributed by atoms with van der Waals surface area (Å²) in [6.45, 7) is 0.693. The van der Waals surface area contributed by atoms with Gasteiger partial charge >= 0.3 is 6.09 Å². The summed E-state index contributed by atoms with van der Waals surface area (Å²) in [5.74, 6) is 0. The van der Waals surface area contributed by atoms with Crippen molar-refractivity contribution in [3.8, 4) is 0 Å². The number of nitrogens with zero attached hydrogens (tertiary/aromatic N) is 3. The van der Waals surface area contributed by atoms with E-state index in [1.54, 1.807) is 4.90 Å². The fourth-order valence-electron chi connectivity index (χ4n) is 1.89. The number of hydrogen-bond donors (Lipinski definition) is 2. The molecule has 1 aromatic rings. The van der Waals surface area contributed by atoms with E-state index in [1.165, 1.54) is 0 Å². The van der Waals surface area contributed by atoms with Crippen LogP contribution >= 0.6 is 23.2 Å². The molecule has 1 aliphatic heterocycles. The first-order chi connectivity index (χ1) is 8.97. The predicted octanol–water partition coefficient (Wildman–Crippen LogP) is 0.555. The summed E-state index contributed by atoms with van der Waals surface area (Å²) < 4.78 is 4.55. The minimum Gasteiger partial charge on any atom is -0.445 e. The van der Waals surface area contributed by atoms with E-state index in [0.29, 0.717) is 30.4 Å². The Balaban J connectivity index is 2.07. The van der Waals surface area contributed by atoms with Gasteiger partial charge in [-0.25, -0.2) is 14.8 Å². The molecule has 0 bridgehead atoms. The molecule has 0 aliphatic carbocycles. The molecule has 1 unspecified atom stereocenters. The van der Waals surface area contributed by atoms with Crippen LogP contribution in [0.4, 0.5) is 4.79 Å². The second-order valence-electron chi connectivity index (χ2n) is 4.04. The van der Waals surface area contributed by atoms with Crippen LogP contribution in [0.5, 0.6) is 0 Å². The normalized spacial score (nSPS) is 16.8. The molecule has 0 fully saturated rings. The summed E-state index contributed by atoms with van der Waals surface area (Å²) in [7, 11) is 0. The molecule has 2 heterocycles. The van der Waals surface area contributed by atoms with Crippen LogP contribution in [0.25, 0.3) is 0 Å². The predicted molar refractivity (Wildman–Crippen MR) is 67.7 cm³/mol. The number of carbonyl (C=O) groups excluding carboxylic acids is 1. The van der Waals surface area contributed by atoms with Gasteiger partial charge in [-0.1, -0.05) is 11.6 Å². The lowest BCUT2D eigenvalue weighted by Gasteiger charge is -2.31. The molecule has 0 aromatic carbocycles. The van der Waals surface area contributed by atoms with E-state index in [4.69, 9.17) is 28.9 Å². The van der Waals surface area contributed by atoms with Crippen LogP contribution in [0.2, 0.25) is 10.4 Å². The minimum atomic E-state index is -0.951. The van der Waals surface area contributed by atoms with Crippen LogP contribution in [0.15, 0.2) is 0 Å². The Morgan fingerprint density at radius 3 is 2.95 bits per heavy atom. The molecule has 0 saturated heterocycles. The maximum absolute atomic E-state index is 10.5. The van der Waals surface area contributed by atoms with Crippen molar-refractivity contribution in [1.82, 2.24) is 14.9 Å². The average molecular weight is 307 g/mol. The van der Waals surface area contributed by atoms with Crippen molar-refractivity contribution in [3.63, 3.8) is 0 Å². The third kappa shape index (κ3) is 3.44. The second-order valence-corrected chi connectivity index (χ2v) is 4.74. The fraction of sp³-hybridized carbons (Fsp3) is 0.500. The SMILES string of the molecule is NC(=O)OCC(O)N1CCc2c(Cl)nc(Cl)nc2C1. The topological polar surface area (TPSA) is 102 Å². The highest BCUT2D eigenvalue weighted by atomic mass is 35.5. The Bertz CT molecular complexity index is 500. The average Bonchev–Trinajstić information content (AvgIpc) is 2.34. The lowest BCUT2D eigenvalue weighted by Crippen LogP contribution is -2.43. The van der Waals surface area contributed by atoms with Gasteiger partial charge in [0.2, 0.25) is 5.28 Å². The van der Waals surface area contributed by atoms with Crippen molar-refractivity contribution in [2.24, 2.45) is 5.73 Å². The maximum Gasteiger partial charge on any atom is 0.404 e. The zero-order valence-corrected chi connectivity index (χ0v) is 11.4. The molecule has 0 radical (unpaired) electrons. The number of fused-ring (bicyclic) bond motifs is 1. The van der Waals surface area contributed by atoms with E-state index in [-0.39, 0.29) is 11.9 Å². The first-order valence-corrected chi connectivity index (χ1v) is 6.28. The van der Waals surface area contributed by atoms with Crippen molar-refractivity contribution in [2.45, 2.75) is 19.2 Å². The second kappa shape index (κ2) is 5.87. The smallest absolute Gasteiger partial charge is 0.404 e. The highest BCUT2D eigenvalue weighted by Gasteiger charge is 2.26. The van der Waals surface area contributed by atoms with Crippen LogP contribution in [0.1, 0.15) is 11.3 Å². The molecule has 0 spiro atoms. The summed E-state index contributed by atoms with van der Waals surface area (Å²) in [4.78, 5) is 20.1. The van der Waals surface area contributed by atoms with Crippen molar-refractivity contribution in [1.29, 1.82) is 0 Å². The Morgan fingerprint density at radius 1 is 1.53 bits per heavy atom. The van der Waals surface area contributed by atoms with E-state index < -0.39 is 12.3 Å². The number of hydrogen-bond acceptors (Lipinski definition) is 6. The molecule has 1 amide bonds. The fourth-order valence-corrected chi connectivity index (χ4v) is 2.41. The van der Waals surface area contributed by atoms with E-state index in [0.717, 1.165) is 5.56 Å². The number of ether oxygens (including phenoxy) is 1. The summed E-state index contributed by atoms with van der Waals surface area (Å²) in [5.41, 5.74) is 6.33. The van der Waals surface area contributed by atoms with Crippen LogP contribution in [-0.2, 0) is 17.7 Å². The van der Waals surface area contributed by atoms with E-state index in [2.05, 4.69) is 14.7 Å². The number of aliphatic hydroxyl groups excluding tert-OH is 1. The maximum atomic E-state index is 10.5. The Hall–Kier alpha value is -1.15. The zero-order chi connectivity index (χ0) is 14.0. The molecule has 1 aliphatic rings. The molecule has 2 rings (SSSR count). The molecular formula is C10H12Cl2N4O3. The quantitative estimate of drug-likeness (QED) is 0.625. The standard InChI is InChI=1S/C10H12Cl2N4O3/c11-8-5-1-2-16(7(17)4-19-10(13)18)3-6(5)14-9(12)15-8/h7,17H,1-4H2,(H2,13,18). The monoisotopic (exact) mass is 306 g/mol. The number of carbonyl (C=O) groups is 1. The van der Waals surface area contributed by atoms with Gasteiger partial charge in [-0.05, 0) is 18.0 Å². The first kappa shape index (κ1) is 14.3. The highest BCUT2D eigenvalue weighted by Crippen LogP contribution is 2.25. The molecule has 7 nitrogen and oxygen atoms in total. The van der Waals surface area contributed by atoms with Crippen LogP contribution in [-0.4, -0.2) is 45.4 Å². The minimum absolute atomic E-state index is 0.0634. The van der Waals surface area contributed by atoms with Gasteiger partial charge < -0.3 is 15.6 Å². The van der Waals surface area contributed by atoms with Crippen molar-refractivity contribution >= 4 is 29.3 Å². The summed E-state index contributed by atoms with van der Waals surface area (Å²) in [6.07, 6.45) is -1.29. The third-order valence-corrected chi connectivity index (χ3v) is 3.29. The lowest BCUT2D eigenvalue weighted by atomic mass is 10.1. The van der Waals surface area contributed by atoms with Gasteiger partial charge in [-0.3, -0.25) is 4.90 Å². The van der Waals surface area contributed by atoms with Crippen LogP contribution in [0, 0.1) is 0 Å². The number of amides is 1. The molecule has 9 heteroatoms. The van der Waals surface area contributed by atoms with E-state index in [1.807, 2.05) is 0 Å². The number of primary amides is 1. The Morgan fingerprint density at radius 2 is 2.26 bits per heavy atom. The number of nitrogens with two attached hydrogens (primary N) is 1. The summed E-state index contributed by atoms with van der Waals surface area (Å²) >= 11 is 11.7. The highest BCUT2D eigenvalue weighted by molar-refractivity contribution is 6.32. The molecule has 3 N–H and O–H groups in total. The van der Waals surface area contributed by atoms with Gasteiger partial charge in [-0.15, -0.1) is 0 Å². The van der Waals surface area contributed by atoms with Gasteiger partial charge in [0.25, 0.3) is 0 Å². The van der Waals surface area contributed by atoms with Gasteiger partial charge in [0.05, 0.1) is 5.69 Å². The Kier molecular flexibility index (Phi) is 4.41. The van der Waals surface area contributed by atoms with Gasteiger partial charge in [0.1, 0.15) is 18.0 Å². The summed E-state index contributed by atoms with van der Waals surface area (Å²) in [5, 5.41) is 10.3. The van der Waals surface area contributed by atoms with E-state index in [9.17, 15) is 9.90 Å². The van der Waals surface area contributed by atoms with Crippen molar-refractivity contribution < 1.29 is 14.6 Å². The molecular weight excluding hydrogens is 295 g/mol. The third-order valence-electron chi connectivity index (χ3n) is 2.81. The molecule has 1 atom stereocenters. The molecule has 104 valence electrons. The largest absolute Gasteiger partial charge is 0.445 e. The van der Waals surface area contributed by atoms with Crippen LogP contribution < -0.4 is 5.73 Å². The van der Waals surface area contributed by atoms with E-state index >= 15 is 0 Å². The number of rotatable bonds is 3. The van der Waals surface area contributed by atoms with Crippen molar-refractivity contribution in [3.05, 3.63) is 21.7 Å². The summed E-state index contributed by atoms with van der Waals surface area (Å²) in [6, 6.07) is 0. The van der Waals surface area contributed by atoms with Crippen LogP contribution in [0.3, 0.4) is 0 Å². The molecule has 19 heavy (non-hydrogen) atoms.